The molecule has 2 rings (SSSR count). The summed E-state index contributed by atoms with van der Waals surface area (Å²) in [5.74, 6) is -0.254. The summed E-state index contributed by atoms with van der Waals surface area (Å²) in [5, 5.41) is 87.3. The van der Waals surface area contributed by atoms with E-state index in [0.717, 1.165) is 122 Å². The van der Waals surface area contributed by atoms with E-state index in [0.29, 0.717) is 6.42 Å². The molecule has 14 nitrogen and oxygen atoms in total. The highest BCUT2D eigenvalue weighted by Gasteiger charge is 2.51. The number of allylic oxidation sites excluding steroid dienone is 19. The Hall–Kier alpha value is -3.61. The number of rotatable bonds is 54. The van der Waals surface area contributed by atoms with Crippen molar-refractivity contribution >= 4 is 5.91 Å². The molecule has 2 fully saturated rings. The first kappa shape index (κ1) is 79.5. The number of aliphatic hydroxyl groups excluding tert-OH is 8. The summed E-state index contributed by atoms with van der Waals surface area (Å²) in [4.78, 5) is 13.3. The van der Waals surface area contributed by atoms with Crippen LogP contribution in [0.4, 0.5) is 0 Å². The fourth-order valence-electron chi connectivity index (χ4n) is 10.5. The van der Waals surface area contributed by atoms with E-state index >= 15 is 0 Å². The van der Waals surface area contributed by atoms with Crippen molar-refractivity contribution in [1.29, 1.82) is 0 Å². The average Bonchev–Trinajstić information content (AvgIpc) is 3.71. The van der Waals surface area contributed by atoms with Gasteiger partial charge in [0.1, 0.15) is 48.8 Å². The Morgan fingerprint density at radius 1 is 0.425 bits per heavy atom. The molecule has 0 bridgehead atoms. The first-order chi connectivity index (χ1) is 42.6. The fraction of sp³-hybridized carbons (Fsp3) is 0.712. The van der Waals surface area contributed by atoms with E-state index in [9.17, 15) is 45.6 Å². The van der Waals surface area contributed by atoms with Crippen molar-refractivity contribution < 1.29 is 64.6 Å². The van der Waals surface area contributed by atoms with Crippen LogP contribution in [0.2, 0.25) is 0 Å². The third-order valence-electron chi connectivity index (χ3n) is 15.9. The Labute approximate surface area is 527 Å². The zero-order valence-electron chi connectivity index (χ0n) is 54.0. The number of unbranched alkanes of at least 4 members (excludes halogenated alkanes) is 23. The van der Waals surface area contributed by atoms with Crippen molar-refractivity contribution in [3.05, 3.63) is 122 Å². The van der Waals surface area contributed by atoms with Crippen LogP contribution in [-0.4, -0.2) is 140 Å². The van der Waals surface area contributed by atoms with E-state index in [1.54, 1.807) is 6.08 Å². The Balaban J connectivity index is 1.69. The minimum Gasteiger partial charge on any atom is -0.394 e. The van der Waals surface area contributed by atoms with Gasteiger partial charge >= 0.3 is 0 Å². The molecule has 9 N–H and O–H groups in total. The van der Waals surface area contributed by atoms with Crippen LogP contribution < -0.4 is 5.32 Å². The van der Waals surface area contributed by atoms with E-state index in [1.165, 1.54) is 89.9 Å². The van der Waals surface area contributed by atoms with E-state index < -0.39 is 86.8 Å². The molecule has 498 valence electrons. The molecule has 1 amide bonds. The number of hydrogen-bond acceptors (Lipinski definition) is 13. The second-order valence-electron chi connectivity index (χ2n) is 23.6. The summed E-state index contributed by atoms with van der Waals surface area (Å²) in [6.07, 6.45) is 65.2. The molecule has 12 atom stereocenters. The quantitative estimate of drug-likeness (QED) is 0.0204. The summed E-state index contributed by atoms with van der Waals surface area (Å²) >= 11 is 0. The number of ether oxygens (including phenoxy) is 4. The molecule has 2 saturated heterocycles. The minimum atomic E-state index is -1.80. The molecule has 0 aromatic heterocycles. The number of amides is 1. The lowest BCUT2D eigenvalue weighted by Gasteiger charge is -2.46. The normalized spacial score (nSPS) is 24.1. The van der Waals surface area contributed by atoms with Crippen LogP contribution in [0, 0.1) is 0 Å². The van der Waals surface area contributed by atoms with Crippen LogP contribution in [0.5, 0.6) is 0 Å². The monoisotopic (exact) mass is 1220 g/mol. The second-order valence-corrected chi connectivity index (χ2v) is 23.6. The Morgan fingerprint density at radius 3 is 1.22 bits per heavy atom. The van der Waals surface area contributed by atoms with Gasteiger partial charge in [-0.3, -0.25) is 4.79 Å². The zero-order valence-corrected chi connectivity index (χ0v) is 54.0. The van der Waals surface area contributed by atoms with Crippen molar-refractivity contribution in [3.63, 3.8) is 0 Å². The molecule has 0 aromatic carbocycles. The standard InChI is InChI=1S/C73H123NO13/c1-3-5-7-9-11-13-15-17-19-21-23-24-25-26-27-28-29-30-31-32-33-34-35-36-37-38-39-41-43-45-47-49-51-53-55-57-65(78)74-61(62(77)56-54-52-50-48-46-44-42-40-22-20-18-16-14-12-10-8-6-4-2)60-84-72-70(83)68(81)71(64(59-76)86-72)87-73-69(82)67(80)66(79)63(58-75)85-73/h5,7,11,13,17,19,23-24,26-27,29-30,32-33,35-36,38-39,54,56,61-64,66-73,75-77,79-83H,3-4,6,8-10,12,14-16,18,20-22,25,28,31,34,37,40-53,55,57-60H2,1-2H3,(H,74,78)/b7-5-,13-11-,19-17-,24-23-,27-26-,30-29-,33-32-,36-35-,39-38-,56-54+. The molecule has 0 spiro atoms. The first-order valence-electron chi connectivity index (χ1n) is 34.3. The molecule has 87 heavy (non-hydrogen) atoms. The van der Waals surface area contributed by atoms with Crippen molar-refractivity contribution in [2.75, 3.05) is 19.8 Å². The largest absolute Gasteiger partial charge is 0.394 e. The molecule has 0 aromatic rings. The molecule has 2 heterocycles. The SMILES string of the molecule is CC/C=C\C/C=C\C/C=C\C/C=C\C/C=C\C/C=C\C/C=C\C/C=C\C/C=C\CCCCCCCCCC(=O)NC(COC1OC(CO)C(OC2OC(CO)C(O)C(O)C2O)C(O)C1O)C(O)/C=C/CCCCCCCCCCCCCCCCCC. The van der Waals surface area contributed by atoms with Gasteiger partial charge in [-0.15, -0.1) is 0 Å². The average molecular weight is 1220 g/mol. The van der Waals surface area contributed by atoms with Gasteiger partial charge in [-0.05, 0) is 89.9 Å². The highest BCUT2D eigenvalue weighted by molar-refractivity contribution is 5.76. The zero-order chi connectivity index (χ0) is 63.1. The predicted molar refractivity (Wildman–Crippen MR) is 355 cm³/mol. The van der Waals surface area contributed by atoms with Gasteiger partial charge in [0.2, 0.25) is 5.91 Å². The fourth-order valence-corrected chi connectivity index (χ4v) is 10.5. The Kier molecular flexibility index (Phi) is 51.5. The molecule has 14 heteroatoms. The summed E-state index contributed by atoms with van der Waals surface area (Å²) in [7, 11) is 0. The first-order valence-corrected chi connectivity index (χ1v) is 34.3. The summed E-state index contributed by atoms with van der Waals surface area (Å²) in [5.41, 5.74) is 0. The van der Waals surface area contributed by atoms with E-state index in [2.05, 4.69) is 129 Å². The lowest BCUT2D eigenvalue weighted by atomic mass is 9.97. The Morgan fingerprint density at radius 2 is 0.793 bits per heavy atom. The highest BCUT2D eigenvalue weighted by atomic mass is 16.7. The third kappa shape index (κ3) is 40.7. The van der Waals surface area contributed by atoms with E-state index in [1.807, 2.05) is 6.08 Å². The summed E-state index contributed by atoms with van der Waals surface area (Å²) < 4.78 is 22.8. The van der Waals surface area contributed by atoms with Gasteiger partial charge in [-0.2, -0.15) is 0 Å². The minimum absolute atomic E-state index is 0.254. The number of aliphatic hydroxyl groups is 8. The van der Waals surface area contributed by atoms with Gasteiger partial charge in [0.25, 0.3) is 0 Å². The van der Waals surface area contributed by atoms with Crippen molar-refractivity contribution in [2.24, 2.45) is 0 Å². The van der Waals surface area contributed by atoms with Crippen LogP contribution in [0.1, 0.15) is 239 Å². The van der Waals surface area contributed by atoms with Crippen LogP contribution in [-0.2, 0) is 23.7 Å². The molecular formula is C73H123NO13. The maximum absolute atomic E-state index is 13.3. The lowest BCUT2D eigenvalue weighted by Crippen LogP contribution is -2.65. The molecule has 0 radical (unpaired) electrons. The molecule has 0 aliphatic carbocycles. The molecule has 0 saturated carbocycles. The van der Waals surface area contributed by atoms with Gasteiger partial charge in [0.05, 0.1) is 32.0 Å². The van der Waals surface area contributed by atoms with Crippen LogP contribution in [0.25, 0.3) is 0 Å². The van der Waals surface area contributed by atoms with Crippen LogP contribution >= 0.6 is 0 Å². The van der Waals surface area contributed by atoms with Gasteiger partial charge in [-0.1, -0.05) is 264 Å². The number of carbonyl (C=O) groups is 1. The molecule has 2 aliphatic rings. The summed E-state index contributed by atoms with van der Waals surface area (Å²) in [6.45, 7) is 2.68. The van der Waals surface area contributed by atoms with Gasteiger partial charge in [-0.25, -0.2) is 0 Å². The van der Waals surface area contributed by atoms with Gasteiger partial charge in [0, 0.05) is 6.42 Å². The number of hydrogen-bond donors (Lipinski definition) is 9. The highest BCUT2D eigenvalue weighted by Crippen LogP contribution is 2.30. The maximum atomic E-state index is 13.3. The van der Waals surface area contributed by atoms with Crippen molar-refractivity contribution in [1.82, 2.24) is 5.32 Å². The van der Waals surface area contributed by atoms with E-state index in [4.69, 9.17) is 18.9 Å². The Bertz CT molecular complexity index is 1920. The van der Waals surface area contributed by atoms with Crippen LogP contribution in [0.3, 0.4) is 0 Å². The van der Waals surface area contributed by atoms with Crippen molar-refractivity contribution in [3.8, 4) is 0 Å². The molecule has 2 aliphatic heterocycles. The summed E-state index contributed by atoms with van der Waals surface area (Å²) in [6, 6.07) is -0.930. The van der Waals surface area contributed by atoms with Crippen LogP contribution in [0.15, 0.2) is 122 Å². The smallest absolute Gasteiger partial charge is 0.220 e. The topological polar surface area (TPSA) is 228 Å². The lowest BCUT2D eigenvalue weighted by molar-refractivity contribution is -0.359. The van der Waals surface area contributed by atoms with Gasteiger partial charge < -0.3 is 65.1 Å². The van der Waals surface area contributed by atoms with Crippen molar-refractivity contribution in [2.45, 2.75) is 312 Å². The number of nitrogens with one attached hydrogen (secondary N) is 1. The maximum Gasteiger partial charge on any atom is 0.220 e. The molecular weight excluding hydrogens is 1100 g/mol. The third-order valence-corrected chi connectivity index (χ3v) is 15.9. The number of carbonyl (C=O) groups excluding carboxylic acids is 1. The predicted octanol–water partition coefficient (Wildman–Crippen LogP) is 13.7. The van der Waals surface area contributed by atoms with Gasteiger partial charge in [0.15, 0.2) is 12.6 Å². The second kappa shape index (κ2) is 56.4. The van der Waals surface area contributed by atoms with E-state index in [-0.39, 0.29) is 18.9 Å². The molecule has 12 unspecified atom stereocenters.